The number of aliphatic hydroxyl groups is 1. The van der Waals surface area contributed by atoms with Gasteiger partial charge < -0.3 is 14.6 Å². The average molecular weight is 354 g/mol. The van der Waals surface area contributed by atoms with Crippen LogP contribution in [0.4, 0.5) is 0 Å². The van der Waals surface area contributed by atoms with E-state index in [4.69, 9.17) is 0 Å². The number of rotatable bonds is 4. The Hall–Kier alpha value is -1.81. The molecular weight excluding hydrogens is 324 g/mol. The van der Waals surface area contributed by atoms with E-state index in [9.17, 15) is 9.90 Å². The topological polar surface area (TPSA) is 45.5 Å². The van der Waals surface area contributed by atoms with Gasteiger partial charge in [0, 0.05) is 48.1 Å². The Kier molecular flexibility index (Phi) is 3.96. The summed E-state index contributed by atoms with van der Waals surface area (Å²) in [6.45, 7) is 6.47. The first kappa shape index (κ1) is 17.6. The molecule has 1 aromatic heterocycles. The maximum absolute atomic E-state index is 13.3. The van der Waals surface area contributed by atoms with Crippen LogP contribution in [0, 0.1) is 0 Å². The van der Waals surface area contributed by atoms with Crippen LogP contribution in [0.25, 0.3) is 10.9 Å². The van der Waals surface area contributed by atoms with Crippen LogP contribution in [-0.2, 0) is 17.3 Å². The third-order valence-electron chi connectivity index (χ3n) is 6.61. The molecule has 1 aliphatic carbocycles. The molecule has 140 valence electrons. The van der Waals surface area contributed by atoms with Crippen LogP contribution in [0.15, 0.2) is 30.5 Å². The predicted octanol–water partition coefficient (Wildman–Crippen LogP) is 3.75. The van der Waals surface area contributed by atoms with E-state index >= 15 is 0 Å². The molecule has 4 heteroatoms. The molecule has 0 radical (unpaired) electrons. The fraction of sp³-hybridized carbons (Fsp3) is 0.591. The number of amides is 1. The first-order valence-corrected chi connectivity index (χ1v) is 9.82. The highest BCUT2D eigenvalue weighted by Gasteiger charge is 2.54. The molecule has 0 spiro atoms. The van der Waals surface area contributed by atoms with E-state index in [0.717, 1.165) is 25.7 Å². The molecule has 3 fully saturated rings. The SMILES string of the molecule is CCC1CC2(O)CC(C2)N1C(=O)CC(C)(C)c1cn(C)c2ccccc12. The predicted molar refractivity (Wildman–Crippen MR) is 104 cm³/mol. The number of aromatic nitrogens is 1. The van der Waals surface area contributed by atoms with Crippen LogP contribution >= 0.6 is 0 Å². The molecule has 2 aromatic rings. The molecule has 3 heterocycles. The van der Waals surface area contributed by atoms with Gasteiger partial charge in [0.1, 0.15) is 0 Å². The van der Waals surface area contributed by atoms with E-state index in [0.29, 0.717) is 6.42 Å². The van der Waals surface area contributed by atoms with Crippen LogP contribution in [0.5, 0.6) is 0 Å². The number of aryl methyl sites for hydroxylation is 1. The second-order valence-electron chi connectivity index (χ2n) is 9.09. The Bertz CT molecular complexity index is 845. The number of carbonyl (C=O) groups excluding carboxylic acids is 1. The van der Waals surface area contributed by atoms with Gasteiger partial charge in [-0.1, -0.05) is 39.0 Å². The summed E-state index contributed by atoms with van der Waals surface area (Å²) in [6.07, 6.45) is 5.84. The zero-order chi connectivity index (χ0) is 18.7. The Balaban J connectivity index is 1.60. The van der Waals surface area contributed by atoms with Crippen molar-refractivity contribution < 1.29 is 9.90 Å². The van der Waals surface area contributed by atoms with Crippen LogP contribution in [-0.4, -0.2) is 38.2 Å². The summed E-state index contributed by atoms with van der Waals surface area (Å²) in [6, 6.07) is 8.82. The third-order valence-corrected chi connectivity index (χ3v) is 6.61. The lowest BCUT2D eigenvalue weighted by Gasteiger charge is -2.58. The largest absolute Gasteiger partial charge is 0.390 e. The van der Waals surface area contributed by atoms with E-state index in [1.807, 2.05) is 0 Å². The lowest BCUT2D eigenvalue weighted by Crippen LogP contribution is -2.67. The third kappa shape index (κ3) is 2.66. The maximum atomic E-state index is 13.3. The van der Waals surface area contributed by atoms with Crippen molar-refractivity contribution >= 4 is 16.8 Å². The van der Waals surface area contributed by atoms with Crippen LogP contribution in [0.3, 0.4) is 0 Å². The van der Waals surface area contributed by atoms with Gasteiger partial charge in [-0.3, -0.25) is 4.79 Å². The maximum Gasteiger partial charge on any atom is 0.223 e. The molecule has 26 heavy (non-hydrogen) atoms. The van der Waals surface area contributed by atoms with Crippen molar-refractivity contribution in [3.05, 3.63) is 36.0 Å². The number of para-hydroxylation sites is 1. The van der Waals surface area contributed by atoms with Crippen molar-refractivity contribution in [3.63, 3.8) is 0 Å². The van der Waals surface area contributed by atoms with Crippen molar-refractivity contribution in [1.82, 2.24) is 9.47 Å². The molecule has 1 amide bonds. The molecule has 4 nitrogen and oxygen atoms in total. The Morgan fingerprint density at radius 3 is 2.65 bits per heavy atom. The normalized spacial score (nSPS) is 28.3. The van der Waals surface area contributed by atoms with Crippen molar-refractivity contribution in [2.75, 3.05) is 0 Å². The van der Waals surface area contributed by atoms with Crippen LogP contribution < -0.4 is 0 Å². The number of piperidine rings is 2. The van der Waals surface area contributed by atoms with Gasteiger partial charge in [0.25, 0.3) is 0 Å². The molecule has 1 saturated carbocycles. The number of hydrogen-bond donors (Lipinski definition) is 1. The van der Waals surface area contributed by atoms with Gasteiger partial charge in [0.15, 0.2) is 0 Å². The molecular formula is C22H30N2O2. The molecule has 2 bridgehead atoms. The summed E-state index contributed by atoms with van der Waals surface area (Å²) >= 11 is 0. The second kappa shape index (κ2) is 5.85. The highest BCUT2D eigenvalue weighted by Crippen LogP contribution is 2.47. The number of hydrogen-bond acceptors (Lipinski definition) is 2. The highest BCUT2D eigenvalue weighted by atomic mass is 16.3. The minimum atomic E-state index is -0.507. The molecule has 2 saturated heterocycles. The second-order valence-corrected chi connectivity index (χ2v) is 9.09. The number of nitrogens with zero attached hydrogens (tertiary/aromatic N) is 2. The summed E-state index contributed by atoms with van der Waals surface area (Å²) in [4.78, 5) is 15.4. The molecule has 1 atom stereocenters. The smallest absolute Gasteiger partial charge is 0.223 e. The number of fused-ring (bicyclic) bond motifs is 3. The molecule has 1 N–H and O–H groups in total. The molecule has 5 rings (SSSR count). The summed E-state index contributed by atoms with van der Waals surface area (Å²) in [5.41, 5.74) is 1.71. The lowest BCUT2D eigenvalue weighted by atomic mass is 9.66. The van der Waals surface area contributed by atoms with Gasteiger partial charge >= 0.3 is 0 Å². The summed E-state index contributed by atoms with van der Waals surface area (Å²) in [7, 11) is 2.07. The molecule has 2 aliphatic heterocycles. The molecule has 1 unspecified atom stereocenters. The fourth-order valence-electron chi connectivity index (χ4n) is 5.21. The van der Waals surface area contributed by atoms with Crippen LogP contribution in [0.1, 0.15) is 58.4 Å². The quantitative estimate of drug-likeness (QED) is 0.909. The average Bonchev–Trinajstić information content (AvgIpc) is 2.91. The Morgan fingerprint density at radius 2 is 1.96 bits per heavy atom. The zero-order valence-electron chi connectivity index (χ0n) is 16.3. The van der Waals surface area contributed by atoms with E-state index in [1.165, 1.54) is 16.5 Å². The standard InChI is InChI=1S/C22H30N2O2/c1-5-15-10-22(26)11-16(12-22)24(15)20(25)13-21(2,3)18-14-23(4)19-9-7-6-8-17(18)19/h6-9,14-16,26H,5,10-13H2,1-4H3. The Morgan fingerprint density at radius 1 is 1.27 bits per heavy atom. The monoisotopic (exact) mass is 354 g/mol. The summed E-state index contributed by atoms with van der Waals surface area (Å²) in [5.74, 6) is 0.238. The minimum Gasteiger partial charge on any atom is -0.390 e. The van der Waals surface area contributed by atoms with Gasteiger partial charge in [0.05, 0.1) is 5.60 Å². The number of benzene rings is 1. The number of carbonyl (C=O) groups is 1. The summed E-state index contributed by atoms with van der Waals surface area (Å²) < 4.78 is 2.15. The van der Waals surface area contributed by atoms with E-state index < -0.39 is 5.60 Å². The van der Waals surface area contributed by atoms with Crippen LogP contribution in [0.2, 0.25) is 0 Å². The first-order valence-electron chi connectivity index (χ1n) is 9.82. The van der Waals surface area contributed by atoms with E-state index in [1.54, 1.807) is 0 Å². The van der Waals surface area contributed by atoms with Gasteiger partial charge in [-0.25, -0.2) is 0 Å². The Labute approximate surface area is 155 Å². The van der Waals surface area contributed by atoms with Crippen molar-refractivity contribution in [2.45, 2.75) is 76.0 Å². The molecule has 1 aromatic carbocycles. The van der Waals surface area contributed by atoms with Crippen molar-refractivity contribution in [1.29, 1.82) is 0 Å². The van der Waals surface area contributed by atoms with Gasteiger partial charge in [0.2, 0.25) is 5.91 Å². The minimum absolute atomic E-state index is 0.184. The summed E-state index contributed by atoms with van der Waals surface area (Å²) in [5, 5.41) is 11.7. The van der Waals surface area contributed by atoms with Gasteiger partial charge in [-0.2, -0.15) is 0 Å². The van der Waals surface area contributed by atoms with Gasteiger partial charge in [-0.15, -0.1) is 0 Å². The highest BCUT2D eigenvalue weighted by molar-refractivity contribution is 5.86. The fourth-order valence-corrected chi connectivity index (χ4v) is 5.21. The van der Waals surface area contributed by atoms with Gasteiger partial charge in [-0.05, 0) is 37.3 Å². The van der Waals surface area contributed by atoms with Crippen molar-refractivity contribution in [3.8, 4) is 0 Å². The zero-order valence-corrected chi connectivity index (χ0v) is 16.3. The lowest BCUT2D eigenvalue weighted by molar-refractivity contribution is -0.179. The van der Waals surface area contributed by atoms with E-state index in [-0.39, 0.29) is 23.4 Å². The first-order chi connectivity index (χ1) is 12.2. The molecule has 3 aliphatic rings. The van der Waals surface area contributed by atoms with Crippen molar-refractivity contribution in [2.24, 2.45) is 7.05 Å². The van der Waals surface area contributed by atoms with E-state index in [2.05, 4.69) is 67.7 Å².